The molecule has 29 heavy (non-hydrogen) atoms. The lowest BCUT2D eigenvalue weighted by atomic mass is 10.2. The van der Waals surface area contributed by atoms with Crippen LogP contribution in [0.1, 0.15) is 16.2 Å². The number of hydrogen-bond donors (Lipinski definition) is 1. The van der Waals surface area contributed by atoms with Gasteiger partial charge in [0.15, 0.2) is 22.9 Å². The van der Waals surface area contributed by atoms with Crippen molar-refractivity contribution < 1.29 is 22.9 Å². The Morgan fingerprint density at radius 3 is 2.72 bits per heavy atom. The van der Waals surface area contributed by atoms with Crippen molar-refractivity contribution in [2.75, 3.05) is 7.11 Å². The van der Waals surface area contributed by atoms with Gasteiger partial charge in [-0.05, 0) is 24.3 Å². The topological polar surface area (TPSA) is 90.6 Å². The Hall–Kier alpha value is -4.00. The summed E-state index contributed by atoms with van der Waals surface area (Å²) < 4.78 is 22.0. The van der Waals surface area contributed by atoms with E-state index in [1.165, 1.54) is 0 Å². The van der Waals surface area contributed by atoms with Gasteiger partial charge in [0.1, 0.15) is 11.3 Å². The van der Waals surface area contributed by atoms with Crippen LogP contribution in [0.4, 0.5) is 0 Å². The molecule has 0 radical (unpaired) electrons. The lowest BCUT2D eigenvalue weighted by Gasteiger charge is -2.00. The van der Waals surface area contributed by atoms with Crippen LogP contribution < -0.4 is 10.1 Å². The van der Waals surface area contributed by atoms with Crippen LogP contribution in [0, 0.1) is 0 Å². The van der Waals surface area contributed by atoms with Crippen LogP contribution in [-0.2, 0) is 6.54 Å². The summed E-state index contributed by atoms with van der Waals surface area (Å²) in [6, 6.07) is 18.5. The highest BCUT2D eigenvalue weighted by Gasteiger charge is 2.16. The predicted octanol–water partition coefficient (Wildman–Crippen LogP) is 4.77. The number of rotatable bonds is 5. The second-order valence-corrected chi connectivity index (χ2v) is 6.50. The van der Waals surface area contributed by atoms with Gasteiger partial charge in [-0.3, -0.25) is 4.79 Å². The smallest absolute Gasteiger partial charge is 0.287 e. The van der Waals surface area contributed by atoms with Gasteiger partial charge in [-0.15, -0.1) is 0 Å². The molecule has 0 aliphatic rings. The zero-order chi connectivity index (χ0) is 19.8. The van der Waals surface area contributed by atoms with Gasteiger partial charge in [0, 0.05) is 16.8 Å². The van der Waals surface area contributed by atoms with Crippen LogP contribution in [0.3, 0.4) is 0 Å². The van der Waals surface area contributed by atoms with Crippen LogP contribution in [0.2, 0.25) is 0 Å². The van der Waals surface area contributed by atoms with E-state index in [1.54, 1.807) is 25.3 Å². The minimum atomic E-state index is -0.350. The summed E-state index contributed by atoms with van der Waals surface area (Å²) in [6.07, 6.45) is 0. The number of amides is 1. The van der Waals surface area contributed by atoms with Crippen molar-refractivity contribution in [3.05, 3.63) is 72.1 Å². The average molecular weight is 388 g/mol. The van der Waals surface area contributed by atoms with Gasteiger partial charge in [-0.25, -0.2) is 0 Å². The largest absolute Gasteiger partial charge is 0.493 e. The molecule has 0 aliphatic carbocycles. The summed E-state index contributed by atoms with van der Waals surface area (Å²) in [7, 11) is 1.56. The maximum Gasteiger partial charge on any atom is 0.287 e. The number of fused-ring (bicyclic) bond motifs is 2. The Morgan fingerprint density at radius 1 is 1.00 bits per heavy atom. The number of furan rings is 2. The van der Waals surface area contributed by atoms with E-state index in [4.69, 9.17) is 18.1 Å². The lowest BCUT2D eigenvalue weighted by Crippen LogP contribution is -2.22. The Balaban J connectivity index is 1.31. The Morgan fingerprint density at radius 2 is 1.86 bits per heavy atom. The highest BCUT2D eigenvalue weighted by atomic mass is 16.5. The molecule has 144 valence electrons. The molecule has 0 saturated carbocycles. The standard InChI is InChI=1S/C22H16N2O5/c1-26-17-8-4-6-14-10-20(28-21(14)17)22(25)23-12-15-11-19(29-24-15)18-9-13-5-2-3-7-16(13)27-18/h2-11H,12H2,1H3,(H,23,25). The normalized spacial score (nSPS) is 11.2. The van der Waals surface area contributed by atoms with E-state index in [9.17, 15) is 4.79 Å². The fraction of sp³-hybridized carbons (Fsp3) is 0.0909. The Kier molecular flexibility index (Phi) is 4.05. The van der Waals surface area contributed by atoms with E-state index in [0.717, 1.165) is 16.4 Å². The summed E-state index contributed by atoms with van der Waals surface area (Å²) in [4.78, 5) is 12.5. The molecule has 0 aliphatic heterocycles. The first-order valence-electron chi connectivity index (χ1n) is 9.00. The molecule has 1 N–H and O–H groups in total. The number of benzene rings is 2. The van der Waals surface area contributed by atoms with Gasteiger partial charge >= 0.3 is 0 Å². The molecule has 5 rings (SSSR count). The lowest BCUT2D eigenvalue weighted by molar-refractivity contribution is 0.0924. The van der Waals surface area contributed by atoms with Gasteiger partial charge in [0.05, 0.1) is 13.7 Å². The van der Waals surface area contributed by atoms with Crippen molar-refractivity contribution in [2.24, 2.45) is 0 Å². The highest BCUT2D eigenvalue weighted by molar-refractivity contribution is 5.97. The monoisotopic (exact) mass is 388 g/mol. The van der Waals surface area contributed by atoms with Crippen molar-refractivity contribution in [1.29, 1.82) is 0 Å². The van der Waals surface area contributed by atoms with Crippen molar-refractivity contribution >= 4 is 27.8 Å². The molecule has 3 aromatic heterocycles. The molecule has 0 spiro atoms. The van der Waals surface area contributed by atoms with Gasteiger partial charge in [0.25, 0.3) is 5.91 Å². The molecule has 0 bridgehead atoms. The van der Waals surface area contributed by atoms with Crippen LogP contribution in [-0.4, -0.2) is 18.2 Å². The summed E-state index contributed by atoms with van der Waals surface area (Å²) in [5, 5.41) is 8.55. The number of aromatic nitrogens is 1. The molecule has 0 unspecified atom stereocenters. The van der Waals surface area contributed by atoms with Crippen molar-refractivity contribution in [2.45, 2.75) is 6.54 Å². The Bertz CT molecular complexity index is 1290. The minimum Gasteiger partial charge on any atom is -0.493 e. The van der Waals surface area contributed by atoms with Gasteiger partial charge in [0.2, 0.25) is 5.76 Å². The first kappa shape index (κ1) is 17.1. The maximum atomic E-state index is 12.5. The third-order valence-electron chi connectivity index (χ3n) is 4.61. The van der Waals surface area contributed by atoms with E-state index in [2.05, 4.69) is 10.5 Å². The van der Waals surface area contributed by atoms with Gasteiger partial charge in [-0.1, -0.05) is 35.5 Å². The number of nitrogens with one attached hydrogen (secondary N) is 1. The first-order valence-corrected chi connectivity index (χ1v) is 9.00. The molecule has 1 amide bonds. The number of ether oxygens (including phenoxy) is 1. The van der Waals surface area contributed by atoms with Gasteiger partial charge < -0.3 is 23.4 Å². The van der Waals surface area contributed by atoms with E-state index < -0.39 is 0 Å². The average Bonchev–Trinajstić information content (AvgIpc) is 3.48. The van der Waals surface area contributed by atoms with Crippen LogP contribution >= 0.6 is 0 Å². The van der Waals surface area contributed by atoms with Crippen LogP contribution in [0.5, 0.6) is 5.75 Å². The fourth-order valence-corrected chi connectivity index (χ4v) is 3.18. The minimum absolute atomic E-state index is 0.191. The molecule has 3 heterocycles. The number of carbonyl (C=O) groups is 1. The molecule has 7 nitrogen and oxygen atoms in total. The Labute approximate surface area is 164 Å². The first-order chi connectivity index (χ1) is 14.2. The molecule has 0 fully saturated rings. The summed E-state index contributed by atoms with van der Waals surface area (Å²) in [5.41, 5.74) is 1.88. The quantitative estimate of drug-likeness (QED) is 0.466. The second kappa shape index (κ2) is 6.87. The number of nitrogens with zero attached hydrogens (tertiary/aromatic N) is 1. The van der Waals surface area contributed by atoms with E-state index in [-0.39, 0.29) is 18.2 Å². The highest BCUT2D eigenvalue weighted by Crippen LogP contribution is 2.29. The number of hydrogen-bond acceptors (Lipinski definition) is 6. The maximum absolute atomic E-state index is 12.5. The van der Waals surface area contributed by atoms with Crippen molar-refractivity contribution in [3.63, 3.8) is 0 Å². The van der Waals surface area contributed by atoms with Gasteiger partial charge in [-0.2, -0.15) is 0 Å². The molecule has 0 atom stereocenters. The van der Waals surface area contributed by atoms with Crippen molar-refractivity contribution in [1.82, 2.24) is 10.5 Å². The fourth-order valence-electron chi connectivity index (χ4n) is 3.18. The molecule has 0 saturated heterocycles. The molecule has 2 aromatic carbocycles. The van der Waals surface area contributed by atoms with Crippen LogP contribution in [0.15, 0.2) is 74.0 Å². The molecule has 5 aromatic rings. The van der Waals surface area contributed by atoms with E-state index in [0.29, 0.717) is 28.5 Å². The predicted molar refractivity (Wildman–Crippen MR) is 106 cm³/mol. The second-order valence-electron chi connectivity index (χ2n) is 6.50. The number of para-hydroxylation sites is 2. The summed E-state index contributed by atoms with van der Waals surface area (Å²) in [6.45, 7) is 0.191. The third kappa shape index (κ3) is 3.12. The molecule has 7 heteroatoms. The third-order valence-corrected chi connectivity index (χ3v) is 4.61. The zero-order valence-electron chi connectivity index (χ0n) is 15.5. The number of methoxy groups -OCH3 is 1. The van der Waals surface area contributed by atoms with Crippen LogP contribution in [0.25, 0.3) is 33.5 Å². The zero-order valence-corrected chi connectivity index (χ0v) is 15.5. The van der Waals surface area contributed by atoms with Crippen molar-refractivity contribution in [3.8, 4) is 17.3 Å². The summed E-state index contributed by atoms with van der Waals surface area (Å²) in [5.74, 6) is 1.51. The van der Waals surface area contributed by atoms with E-state index >= 15 is 0 Å². The van der Waals surface area contributed by atoms with E-state index in [1.807, 2.05) is 42.5 Å². The molecular weight excluding hydrogens is 372 g/mol. The SMILES string of the molecule is COc1cccc2cc(C(=O)NCc3cc(-c4cc5ccccc5o4)on3)oc12. The number of carbonyl (C=O) groups excluding carboxylic acids is 1. The molecular formula is C22H16N2O5. The summed E-state index contributed by atoms with van der Waals surface area (Å²) >= 11 is 0.